The Kier molecular flexibility index (Phi) is 4.10. The van der Waals surface area contributed by atoms with Gasteiger partial charge < -0.3 is 16.2 Å². The number of aliphatic hydroxyl groups is 1. The first kappa shape index (κ1) is 13.9. The van der Waals surface area contributed by atoms with Gasteiger partial charge >= 0.3 is 0 Å². The molecule has 0 radical (unpaired) electrons. The molecule has 0 aromatic heterocycles. The summed E-state index contributed by atoms with van der Waals surface area (Å²) in [5.74, 6) is -0.151. The zero-order valence-corrected chi connectivity index (χ0v) is 11.4. The molecule has 0 atom stereocenters. The number of rotatable bonds is 3. The van der Waals surface area contributed by atoms with Crippen molar-refractivity contribution in [2.24, 2.45) is 0 Å². The second kappa shape index (κ2) is 5.61. The van der Waals surface area contributed by atoms with Gasteiger partial charge in [0.05, 0.1) is 5.60 Å². The number of nitrogen functional groups attached to an aromatic ring is 1. The first-order valence-electron chi connectivity index (χ1n) is 6.87. The highest BCUT2D eigenvalue weighted by Crippen LogP contribution is 2.27. The van der Waals surface area contributed by atoms with Crippen LogP contribution in [0.25, 0.3) is 0 Å². The molecule has 19 heavy (non-hydrogen) atoms. The average molecular weight is 262 g/mol. The van der Waals surface area contributed by atoms with Gasteiger partial charge in [-0.1, -0.05) is 19.3 Å². The fourth-order valence-electron chi connectivity index (χ4n) is 2.55. The van der Waals surface area contributed by atoms with Gasteiger partial charge in [-0.05, 0) is 43.5 Å². The van der Waals surface area contributed by atoms with Gasteiger partial charge in [0.2, 0.25) is 0 Å². The van der Waals surface area contributed by atoms with E-state index in [0.717, 1.165) is 31.2 Å². The number of carbonyl (C=O) groups excluding carboxylic acids is 1. The number of anilines is 1. The van der Waals surface area contributed by atoms with Crippen LogP contribution < -0.4 is 11.1 Å². The van der Waals surface area contributed by atoms with Crippen LogP contribution in [0, 0.1) is 6.92 Å². The maximum Gasteiger partial charge on any atom is 0.251 e. The van der Waals surface area contributed by atoms with E-state index in [1.807, 2.05) is 6.92 Å². The fraction of sp³-hybridized carbons (Fsp3) is 0.533. The number of hydrogen-bond donors (Lipinski definition) is 3. The van der Waals surface area contributed by atoms with Crippen LogP contribution in [0.4, 0.5) is 5.69 Å². The molecule has 0 bridgehead atoms. The van der Waals surface area contributed by atoms with E-state index in [4.69, 9.17) is 5.73 Å². The number of nitrogens with two attached hydrogens (primary N) is 1. The standard InChI is InChI=1S/C15H22N2O2/c1-11-9-12(5-6-13(11)16)14(18)17-10-15(19)7-3-2-4-8-15/h5-6,9,19H,2-4,7-8,10,16H2,1H3,(H,17,18). The quantitative estimate of drug-likeness (QED) is 0.729. The third-order valence-electron chi connectivity index (χ3n) is 3.89. The molecule has 4 heteroatoms. The van der Waals surface area contributed by atoms with E-state index in [2.05, 4.69) is 5.32 Å². The minimum Gasteiger partial charge on any atom is -0.399 e. The highest BCUT2D eigenvalue weighted by atomic mass is 16.3. The first-order chi connectivity index (χ1) is 9.00. The van der Waals surface area contributed by atoms with Crippen LogP contribution in [0.3, 0.4) is 0 Å². The predicted octanol–water partition coefficient (Wildman–Crippen LogP) is 2.00. The molecule has 0 aliphatic heterocycles. The normalized spacial score (nSPS) is 18.0. The van der Waals surface area contributed by atoms with E-state index in [0.29, 0.717) is 17.8 Å². The largest absolute Gasteiger partial charge is 0.399 e. The summed E-state index contributed by atoms with van der Waals surface area (Å²) in [4.78, 5) is 12.0. The highest BCUT2D eigenvalue weighted by molar-refractivity contribution is 5.94. The van der Waals surface area contributed by atoms with Crippen molar-refractivity contribution in [3.63, 3.8) is 0 Å². The molecule has 1 aromatic carbocycles. The van der Waals surface area contributed by atoms with Gasteiger partial charge in [-0.15, -0.1) is 0 Å². The van der Waals surface area contributed by atoms with E-state index in [1.54, 1.807) is 18.2 Å². The van der Waals surface area contributed by atoms with Crippen molar-refractivity contribution in [2.45, 2.75) is 44.6 Å². The van der Waals surface area contributed by atoms with Crippen molar-refractivity contribution in [2.75, 3.05) is 12.3 Å². The molecular weight excluding hydrogens is 240 g/mol. The van der Waals surface area contributed by atoms with Gasteiger partial charge in [0, 0.05) is 17.8 Å². The summed E-state index contributed by atoms with van der Waals surface area (Å²) >= 11 is 0. The predicted molar refractivity (Wildman–Crippen MR) is 76.0 cm³/mol. The first-order valence-corrected chi connectivity index (χ1v) is 6.87. The summed E-state index contributed by atoms with van der Waals surface area (Å²) in [5.41, 5.74) is 7.17. The Morgan fingerprint density at radius 3 is 2.68 bits per heavy atom. The molecule has 104 valence electrons. The van der Waals surface area contributed by atoms with Crippen molar-refractivity contribution >= 4 is 11.6 Å². The van der Waals surface area contributed by atoms with E-state index < -0.39 is 5.60 Å². The summed E-state index contributed by atoms with van der Waals surface area (Å²) in [6.45, 7) is 2.20. The lowest BCUT2D eigenvalue weighted by atomic mass is 9.85. The van der Waals surface area contributed by atoms with Gasteiger partial charge in [0.15, 0.2) is 0 Å². The lowest BCUT2D eigenvalue weighted by Crippen LogP contribution is -2.44. The van der Waals surface area contributed by atoms with E-state index >= 15 is 0 Å². The molecule has 1 aromatic rings. The Balaban J connectivity index is 1.95. The lowest BCUT2D eigenvalue weighted by Gasteiger charge is -2.32. The number of aryl methyl sites for hydroxylation is 1. The Morgan fingerprint density at radius 2 is 2.05 bits per heavy atom. The Hall–Kier alpha value is -1.55. The Labute approximate surface area is 114 Å². The summed E-state index contributed by atoms with van der Waals surface area (Å²) in [7, 11) is 0. The third-order valence-corrected chi connectivity index (χ3v) is 3.89. The second-order valence-electron chi connectivity index (χ2n) is 5.54. The Morgan fingerprint density at radius 1 is 1.37 bits per heavy atom. The van der Waals surface area contributed by atoms with Crippen molar-refractivity contribution in [1.82, 2.24) is 5.32 Å². The van der Waals surface area contributed by atoms with Crippen molar-refractivity contribution in [1.29, 1.82) is 0 Å². The minimum atomic E-state index is -0.725. The number of nitrogens with one attached hydrogen (secondary N) is 1. The molecule has 0 heterocycles. The van der Waals surface area contributed by atoms with Gasteiger partial charge in [0.1, 0.15) is 0 Å². The van der Waals surface area contributed by atoms with Crippen molar-refractivity contribution in [3.8, 4) is 0 Å². The van der Waals surface area contributed by atoms with Gasteiger partial charge in [0.25, 0.3) is 5.91 Å². The monoisotopic (exact) mass is 262 g/mol. The zero-order chi connectivity index (χ0) is 13.9. The van der Waals surface area contributed by atoms with E-state index in [1.165, 1.54) is 6.42 Å². The van der Waals surface area contributed by atoms with Crippen LogP contribution in [0.15, 0.2) is 18.2 Å². The topological polar surface area (TPSA) is 75.3 Å². The smallest absolute Gasteiger partial charge is 0.251 e. The van der Waals surface area contributed by atoms with Gasteiger partial charge in [-0.3, -0.25) is 4.79 Å². The van der Waals surface area contributed by atoms with Gasteiger partial charge in [-0.2, -0.15) is 0 Å². The molecule has 1 saturated carbocycles. The molecule has 0 unspecified atom stereocenters. The molecule has 0 saturated heterocycles. The summed E-state index contributed by atoms with van der Waals surface area (Å²) in [6, 6.07) is 5.22. The summed E-state index contributed by atoms with van der Waals surface area (Å²) in [5, 5.41) is 13.2. The van der Waals surface area contributed by atoms with E-state index in [-0.39, 0.29) is 5.91 Å². The maximum atomic E-state index is 12.0. The lowest BCUT2D eigenvalue weighted by molar-refractivity contribution is 0.00526. The molecule has 1 amide bonds. The van der Waals surface area contributed by atoms with Crippen LogP contribution in [0.5, 0.6) is 0 Å². The second-order valence-corrected chi connectivity index (χ2v) is 5.54. The molecule has 0 spiro atoms. The fourth-order valence-corrected chi connectivity index (χ4v) is 2.55. The minimum absolute atomic E-state index is 0.151. The number of carbonyl (C=O) groups is 1. The van der Waals surface area contributed by atoms with Crippen LogP contribution in [-0.2, 0) is 0 Å². The maximum absolute atomic E-state index is 12.0. The van der Waals surface area contributed by atoms with Crippen LogP contribution in [0.2, 0.25) is 0 Å². The number of amides is 1. The third kappa shape index (κ3) is 3.47. The van der Waals surface area contributed by atoms with Crippen molar-refractivity contribution in [3.05, 3.63) is 29.3 Å². The van der Waals surface area contributed by atoms with Gasteiger partial charge in [-0.25, -0.2) is 0 Å². The van der Waals surface area contributed by atoms with Crippen molar-refractivity contribution < 1.29 is 9.90 Å². The SMILES string of the molecule is Cc1cc(C(=O)NCC2(O)CCCCC2)ccc1N. The molecule has 4 N–H and O–H groups in total. The summed E-state index contributed by atoms with van der Waals surface area (Å²) in [6.07, 6.45) is 4.79. The Bertz CT molecular complexity index is 465. The molecule has 1 aliphatic carbocycles. The molecule has 4 nitrogen and oxygen atoms in total. The van der Waals surface area contributed by atoms with Crippen LogP contribution in [-0.4, -0.2) is 23.2 Å². The number of benzene rings is 1. The molecular formula is C15H22N2O2. The van der Waals surface area contributed by atoms with Crippen LogP contribution >= 0.6 is 0 Å². The zero-order valence-electron chi connectivity index (χ0n) is 11.4. The van der Waals surface area contributed by atoms with Crippen LogP contribution in [0.1, 0.15) is 48.0 Å². The summed E-state index contributed by atoms with van der Waals surface area (Å²) < 4.78 is 0. The molecule has 1 aliphatic rings. The molecule has 1 fully saturated rings. The molecule has 2 rings (SSSR count). The highest BCUT2D eigenvalue weighted by Gasteiger charge is 2.29. The number of hydrogen-bond acceptors (Lipinski definition) is 3. The van der Waals surface area contributed by atoms with E-state index in [9.17, 15) is 9.90 Å². The average Bonchev–Trinajstić information content (AvgIpc) is 2.40.